The standard InChI is InChI=1S/C29H30N4O4/c34-25(31-26-14-24(32-37-26)18-5-9-30-10-6-18)13-19-15-29(23-4-2-1-3-20(19)23)7-11-33(12-8-29)28(35)27-21-16-36-17-22(21)27/h1-6,9-10,14,19,21-22,27H,7-8,11-13,15-17H2,(H,31,34)/t19?,21-,22+,27?. The molecule has 1 N–H and O–H groups in total. The summed E-state index contributed by atoms with van der Waals surface area (Å²) in [5, 5.41) is 6.97. The Balaban J connectivity index is 1.01. The van der Waals surface area contributed by atoms with Gasteiger partial charge in [0.15, 0.2) is 0 Å². The number of nitrogens with zero attached hydrogens (tertiary/aromatic N) is 3. The van der Waals surface area contributed by atoms with Gasteiger partial charge in [0.05, 0.1) is 13.2 Å². The van der Waals surface area contributed by atoms with E-state index in [0.29, 0.717) is 35.7 Å². The lowest BCUT2D eigenvalue weighted by Gasteiger charge is -2.40. The zero-order chi connectivity index (χ0) is 25.0. The lowest BCUT2D eigenvalue weighted by molar-refractivity contribution is -0.135. The second-order valence-corrected chi connectivity index (χ2v) is 11.0. The van der Waals surface area contributed by atoms with Crippen LogP contribution in [0.4, 0.5) is 5.88 Å². The van der Waals surface area contributed by atoms with E-state index in [2.05, 4.69) is 44.6 Å². The van der Waals surface area contributed by atoms with Crippen molar-refractivity contribution < 1.29 is 18.8 Å². The van der Waals surface area contributed by atoms with Gasteiger partial charge in [-0.1, -0.05) is 29.4 Å². The Labute approximate surface area is 215 Å². The van der Waals surface area contributed by atoms with Crippen LogP contribution >= 0.6 is 0 Å². The van der Waals surface area contributed by atoms with E-state index in [1.165, 1.54) is 11.1 Å². The van der Waals surface area contributed by atoms with Gasteiger partial charge in [-0.3, -0.25) is 19.9 Å². The van der Waals surface area contributed by atoms with Gasteiger partial charge in [0.1, 0.15) is 5.69 Å². The number of fused-ring (bicyclic) bond motifs is 3. The molecule has 2 amide bonds. The number of hydrogen-bond acceptors (Lipinski definition) is 6. The van der Waals surface area contributed by atoms with Crippen molar-refractivity contribution in [2.45, 2.75) is 37.0 Å². The van der Waals surface area contributed by atoms with Crippen LogP contribution in [0.5, 0.6) is 0 Å². The highest BCUT2D eigenvalue weighted by molar-refractivity contribution is 5.90. The summed E-state index contributed by atoms with van der Waals surface area (Å²) >= 11 is 0. The van der Waals surface area contributed by atoms with Crippen molar-refractivity contribution >= 4 is 17.7 Å². The van der Waals surface area contributed by atoms with Crippen molar-refractivity contribution in [1.29, 1.82) is 0 Å². The largest absolute Gasteiger partial charge is 0.381 e. The molecule has 2 aliphatic carbocycles. The number of rotatable bonds is 5. The van der Waals surface area contributed by atoms with Crippen LogP contribution < -0.4 is 5.32 Å². The summed E-state index contributed by atoms with van der Waals surface area (Å²) in [6.07, 6.45) is 6.61. The number of amides is 2. The van der Waals surface area contributed by atoms with Crippen LogP contribution in [0.15, 0.2) is 59.4 Å². The first-order valence-electron chi connectivity index (χ1n) is 13.2. The fraction of sp³-hybridized carbons (Fsp3) is 0.448. The molecule has 4 heterocycles. The molecule has 4 atom stereocenters. The predicted molar refractivity (Wildman–Crippen MR) is 136 cm³/mol. The van der Waals surface area contributed by atoms with Crippen molar-refractivity contribution in [3.8, 4) is 11.3 Å². The van der Waals surface area contributed by atoms with Crippen molar-refractivity contribution in [3.05, 3.63) is 66.0 Å². The number of ether oxygens (including phenoxy) is 1. The molecule has 2 aromatic heterocycles. The molecule has 7 rings (SSSR count). The first-order chi connectivity index (χ1) is 18.1. The Morgan fingerprint density at radius 3 is 2.59 bits per heavy atom. The van der Waals surface area contributed by atoms with E-state index in [9.17, 15) is 9.59 Å². The molecule has 2 unspecified atom stereocenters. The summed E-state index contributed by atoms with van der Waals surface area (Å²) in [6.45, 7) is 3.07. The van der Waals surface area contributed by atoms with Crippen molar-refractivity contribution in [3.63, 3.8) is 0 Å². The molecule has 0 bridgehead atoms. The maximum absolute atomic E-state index is 13.1. The van der Waals surface area contributed by atoms with E-state index < -0.39 is 0 Å². The normalized spacial score (nSPS) is 27.1. The zero-order valence-corrected chi connectivity index (χ0v) is 20.6. The molecular weight excluding hydrogens is 468 g/mol. The van der Waals surface area contributed by atoms with Crippen LogP contribution in [0.3, 0.4) is 0 Å². The van der Waals surface area contributed by atoms with Crippen LogP contribution in [0.25, 0.3) is 11.3 Å². The monoisotopic (exact) mass is 498 g/mol. The van der Waals surface area contributed by atoms with Crippen molar-refractivity contribution in [2.75, 3.05) is 31.6 Å². The van der Waals surface area contributed by atoms with Gasteiger partial charge in [-0.15, -0.1) is 0 Å². The minimum atomic E-state index is -0.0793. The molecule has 1 spiro atoms. The number of anilines is 1. The Hall–Kier alpha value is -3.52. The summed E-state index contributed by atoms with van der Waals surface area (Å²) in [5.74, 6) is 1.82. The van der Waals surface area contributed by atoms with Gasteiger partial charge in [-0.25, -0.2) is 0 Å². The minimum absolute atomic E-state index is 0.0294. The van der Waals surface area contributed by atoms with Crippen molar-refractivity contribution in [2.24, 2.45) is 17.8 Å². The van der Waals surface area contributed by atoms with Gasteiger partial charge in [0, 0.05) is 49.5 Å². The highest BCUT2D eigenvalue weighted by atomic mass is 16.5. The molecule has 4 aliphatic rings. The van der Waals surface area contributed by atoms with Gasteiger partial charge in [0.2, 0.25) is 17.7 Å². The number of carbonyl (C=O) groups is 2. The molecule has 8 nitrogen and oxygen atoms in total. The quantitative estimate of drug-likeness (QED) is 0.571. The van der Waals surface area contributed by atoms with Crippen LogP contribution in [0, 0.1) is 17.8 Å². The van der Waals surface area contributed by atoms with E-state index >= 15 is 0 Å². The highest BCUT2D eigenvalue weighted by Crippen LogP contribution is 2.55. The SMILES string of the molecule is O=C(CC1CC2(CCN(C(=O)C3[C@H]4COC[C@@H]34)CC2)c2ccccc21)Nc1cc(-c2ccncc2)no1. The maximum atomic E-state index is 13.1. The number of hydrogen-bond donors (Lipinski definition) is 1. The molecule has 190 valence electrons. The number of aromatic nitrogens is 2. The third kappa shape index (κ3) is 3.94. The molecule has 3 aromatic rings. The molecule has 1 saturated carbocycles. The van der Waals surface area contributed by atoms with Gasteiger partial charge < -0.3 is 14.2 Å². The van der Waals surface area contributed by atoms with E-state index in [-0.39, 0.29) is 23.2 Å². The molecule has 8 heteroatoms. The third-order valence-electron chi connectivity index (χ3n) is 9.06. The molecule has 0 radical (unpaired) electrons. The number of pyridine rings is 1. The maximum Gasteiger partial charge on any atom is 0.231 e. The molecule has 2 aliphatic heterocycles. The van der Waals surface area contributed by atoms with Gasteiger partial charge in [0.25, 0.3) is 0 Å². The minimum Gasteiger partial charge on any atom is -0.381 e. The number of nitrogens with one attached hydrogen (secondary N) is 1. The van der Waals surface area contributed by atoms with Gasteiger partial charge in [-0.05, 0) is 65.7 Å². The van der Waals surface area contributed by atoms with Crippen molar-refractivity contribution in [1.82, 2.24) is 15.0 Å². The smallest absolute Gasteiger partial charge is 0.231 e. The molecule has 1 aromatic carbocycles. The second kappa shape index (κ2) is 8.80. The summed E-state index contributed by atoms with van der Waals surface area (Å²) in [4.78, 5) is 32.2. The van der Waals surface area contributed by atoms with Crippen LogP contribution in [0.1, 0.15) is 42.7 Å². The Bertz CT molecular complexity index is 1320. The summed E-state index contributed by atoms with van der Waals surface area (Å²) in [5.41, 5.74) is 4.19. The topological polar surface area (TPSA) is 97.6 Å². The zero-order valence-electron chi connectivity index (χ0n) is 20.6. The van der Waals surface area contributed by atoms with E-state index in [0.717, 1.165) is 51.1 Å². The molecule has 37 heavy (non-hydrogen) atoms. The first kappa shape index (κ1) is 22.7. The summed E-state index contributed by atoms with van der Waals surface area (Å²) in [6, 6.07) is 14.0. The number of carbonyl (C=O) groups excluding carboxylic acids is 2. The Kier molecular flexibility index (Phi) is 5.39. The Morgan fingerprint density at radius 1 is 1.05 bits per heavy atom. The lowest BCUT2D eigenvalue weighted by Crippen LogP contribution is -2.45. The van der Waals surface area contributed by atoms with E-state index in [4.69, 9.17) is 9.26 Å². The predicted octanol–water partition coefficient (Wildman–Crippen LogP) is 4.01. The fourth-order valence-corrected chi connectivity index (χ4v) is 7.06. The van der Waals surface area contributed by atoms with E-state index in [1.54, 1.807) is 18.5 Å². The summed E-state index contributed by atoms with van der Waals surface area (Å²) in [7, 11) is 0. The third-order valence-corrected chi connectivity index (χ3v) is 9.06. The number of likely N-dealkylation sites (tertiary alicyclic amines) is 1. The molecular formula is C29H30N4O4. The average molecular weight is 499 g/mol. The fourth-order valence-electron chi connectivity index (χ4n) is 7.06. The average Bonchev–Trinajstić information content (AvgIpc) is 3.29. The van der Waals surface area contributed by atoms with Gasteiger partial charge in [-0.2, -0.15) is 0 Å². The lowest BCUT2D eigenvalue weighted by atomic mass is 9.73. The second-order valence-electron chi connectivity index (χ2n) is 11.0. The number of piperidine rings is 1. The van der Waals surface area contributed by atoms with Crippen LogP contribution in [-0.4, -0.2) is 53.2 Å². The Morgan fingerprint density at radius 2 is 1.81 bits per heavy atom. The molecule has 2 saturated heterocycles. The van der Waals surface area contributed by atoms with Gasteiger partial charge >= 0.3 is 0 Å². The first-order valence-corrected chi connectivity index (χ1v) is 13.2. The highest BCUT2D eigenvalue weighted by Gasteiger charge is 2.59. The summed E-state index contributed by atoms with van der Waals surface area (Å²) < 4.78 is 10.8. The number of benzene rings is 1. The van der Waals surface area contributed by atoms with Crippen LogP contribution in [0.2, 0.25) is 0 Å². The van der Waals surface area contributed by atoms with Crippen LogP contribution in [-0.2, 0) is 19.7 Å². The molecule has 3 fully saturated rings. The van der Waals surface area contributed by atoms with E-state index in [1.807, 2.05) is 12.1 Å².